The number of carbonyl (C=O) groups excluding carboxylic acids is 1. The Labute approximate surface area is 139 Å². The van der Waals surface area contributed by atoms with Crippen LogP contribution in [-0.2, 0) is 4.79 Å². The van der Waals surface area contributed by atoms with Crippen molar-refractivity contribution in [1.29, 1.82) is 0 Å². The van der Waals surface area contributed by atoms with Crippen molar-refractivity contribution in [3.8, 4) is 0 Å². The molecule has 2 rings (SSSR count). The van der Waals surface area contributed by atoms with E-state index in [-0.39, 0.29) is 11.6 Å². The van der Waals surface area contributed by atoms with E-state index in [0.717, 1.165) is 11.3 Å². The second kappa shape index (κ2) is 7.87. The van der Waals surface area contributed by atoms with Crippen molar-refractivity contribution in [2.24, 2.45) is 5.10 Å². The molecule has 2 N–H and O–H groups in total. The summed E-state index contributed by atoms with van der Waals surface area (Å²) in [5, 5.41) is 17.5. The quantitative estimate of drug-likeness (QED) is 0.484. The molecule has 0 radical (unpaired) electrons. The molecular weight excluding hydrogens is 308 g/mol. The zero-order valence-electron chi connectivity index (χ0n) is 13.4. The van der Waals surface area contributed by atoms with Gasteiger partial charge >= 0.3 is 0 Å². The highest BCUT2D eigenvalue weighted by molar-refractivity contribution is 5.86. The molecule has 0 aliphatic rings. The molecule has 124 valence electrons. The minimum atomic E-state index is -0.471. The Morgan fingerprint density at radius 3 is 2.38 bits per heavy atom. The van der Waals surface area contributed by atoms with Gasteiger partial charge in [-0.3, -0.25) is 14.9 Å². The van der Waals surface area contributed by atoms with E-state index >= 15 is 0 Å². The topological polar surface area (TPSA) is 96.6 Å². The van der Waals surface area contributed by atoms with Gasteiger partial charge in [0, 0.05) is 17.8 Å². The van der Waals surface area contributed by atoms with Gasteiger partial charge < -0.3 is 5.32 Å². The molecule has 0 fully saturated rings. The van der Waals surface area contributed by atoms with Gasteiger partial charge in [0.05, 0.1) is 11.1 Å². The van der Waals surface area contributed by atoms with Crippen LogP contribution in [0, 0.1) is 17.0 Å². The van der Waals surface area contributed by atoms with Gasteiger partial charge in [0.15, 0.2) is 0 Å². The van der Waals surface area contributed by atoms with Gasteiger partial charge in [0.1, 0.15) is 6.04 Å². The lowest BCUT2D eigenvalue weighted by Crippen LogP contribution is -2.34. The van der Waals surface area contributed by atoms with Crippen molar-refractivity contribution < 1.29 is 9.72 Å². The maximum atomic E-state index is 12.0. The second-order valence-corrected chi connectivity index (χ2v) is 5.31. The van der Waals surface area contributed by atoms with Crippen molar-refractivity contribution >= 4 is 23.5 Å². The van der Waals surface area contributed by atoms with Crippen LogP contribution in [0.25, 0.3) is 0 Å². The fraction of sp³-hybridized carbons (Fsp3) is 0.176. The summed E-state index contributed by atoms with van der Waals surface area (Å²) in [6, 6.07) is 13.1. The molecule has 0 saturated heterocycles. The first-order valence-corrected chi connectivity index (χ1v) is 7.36. The lowest BCUT2D eigenvalue weighted by atomic mass is 10.2. The fourth-order valence-corrected chi connectivity index (χ4v) is 1.91. The summed E-state index contributed by atoms with van der Waals surface area (Å²) in [4.78, 5) is 22.1. The van der Waals surface area contributed by atoms with Gasteiger partial charge in [-0.05, 0) is 43.7 Å². The van der Waals surface area contributed by atoms with Crippen LogP contribution in [0.3, 0.4) is 0 Å². The molecule has 0 heterocycles. The zero-order valence-corrected chi connectivity index (χ0v) is 13.4. The molecule has 1 atom stereocenters. The van der Waals surface area contributed by atoms with Crippen LogP contribution >= 0.6 is 0 Å². The van der Waals surface area contributed by atoms with E-state index in [1.54, 1.807) is 19.1 Å². The third-order valence-electron chi connectivity index (χ3n) is 3.32. The molecule has 2 aromatic carbocycles. The molecule has 0 unspecified atom stereocenters. The van der Waals surface area contributed by atoms with Gasteiger partial charge in [0.25, 0.3) is 11.6 Å². The van der Waals surface area contributed by atoms with Gasteiger partial charge in [-0.2, -0.15) is 5.10 Å². The number of carbonyl (C=O) groups is 1. The Morgan fingerprint density at radius 1 is 1.17 bits per heavy atom. The third kappa shape index (κ3) is 4.91. The smallest absolute Gasteiger partial charge is 0.269 e. The predicted molar refractivity (Wildman–Crippen MR) is 93.1 cm³/mol. The minimum Gasteiger partial charge on any atom is -0.374 e. The highest BCUT2D eigenvalue weighted by Crippen LogP contribution is 2.11. The summed E-state index contributed by atoms with van der Waals surface area (Å²) >= 11 is 0. The van der Waals surface area contributed by atoms with Gasteiger partial charge in [0.2, 0.25) is 0 Å². The first-order chi connectivity index (χ1) is 11.5. The first-order valence-electron chi connectivity index (χ1n) is 7.36. The Kier molecular flexibility index (Phi) is 5.62. The summed E-state index contributed by atoms with van der Waals surface area (Å²) in [5.74, 6) is -0.284. The van der Waals surface area contributed by atoms with Crippen LogP contribution in [0.4, 0.5) is 11.4 Å². The number of rotatable bonds is 6. The van der Waals surface area contributed by atoms with Gasteiger partial charge in [-0.15, -0.1) is 0 Å². The molecule has 2 aromatic rings. The SMILES string of the molecule is Cc1ccc(N[C@@H](C)C(=O)N/N=C\c2ccc([N+](=O)[O-])cc2)cc1. The van der Waals surface area contributed by atoms with Crippen LogP contribution in [0.1, 0.15) is 18.1 Å². The van der Waals surface area contributed by atoms with Crippen molar-refractivity contribution in [3.63, 3.8) is 0 Å². The summed E-state index contributed by atoms with van der Waals surface area (Å²) in [7, 11) is 0. The average molecular weight is 326 g/mol. The monoisotopic (exact) mass is 326 g/mol. The van der Waals surface area contributed by atoms with Crippen molar-refractivity contribution in [1.82, 2.24) is 5.43 Å². The Hall–Kier alpha value is -3.22. The van der Waals surface area contributed by atoms with E-state index in [1.165, 1.54) is 18.3 Å². The summed E-state index contributed by atoms with van der Waals surface area (Å²) in [6.45, 7) is 3.73. The number of hydrogen-bond donors (Lipinski definition) is 2. The van der Waals surface area contributed by atoms with E-state index in [2.05, 4.69) is 15.8 Å². The van der Waals surface area contributed by atoms with Crippen LogP contribution < -0.4 is 10.7 Å². The standard InChI is InChI=1S/C17H18N4O3/c1-12-3-7-15(8-4-12)19-13(2)17(22)20-18-11-14-5-9-16(10-6-14)21(23)24/h3-11,13,19H,1-2H3,(H,20,22)/b18-11-/t13-/m0/s1. The number of benzene rings is 2. The molecule has 24 heavy (non-hydrogen) atoms. The first kappa shape index (κ1) is 17.1. The van der Waals surface area contributed by atoms with E-state index in [4.69, 9.17) is 0 Å². The molecule has 7 heteroatoms. The minimum absolute atomic E-state index is 0.00658. The Balaban J connectivity index is 1.87. The molecule has 0 saturated carbocycles. The number of anilines is 1. The summed E-state index contributed by atoms with van der Waals surface area (Å²) in [5.41, 5.74) is 5.09. The third-order valence-corrected chi connectivity index (χ3v) is 3.32. The lowest BCUT2D eigenvalue weighted by molar-refractivity contribution is -0.384. The van der Waals surface area contributed by atoms with E-state index in [0.29, 0.717) is 5.56 Å². The second-order valence-electron chi connectivity index (χ2n) is 5.31. The van der Waals surface area contributed by atoms with Crippen LogP contribution in [0.2, 0.25) is 0 Å². The van der Waals surface area contributed by atoms with Crippen molar-refractivity contribution in [2.75, 3.05) is 5.32 Å². The highest BCUT2D eigenvalue weighted by Gasteiger charge is 2.11. The highest BCUT2D eigenvalue weighted by atomic mass is 16.6. The molecule has 0 bridgehead atoms. The van der Waals surface area contributed by atoms with E-state index < -0.39 is 11.0 Å². The Bertz CT molecular complexity index is 739. The summed E-state index contributed by atoms with van der Waals surface area (Å²) < 4.78 is 0. The maximum Gasteiger partial charge on any atom is 0.269 e. The molecule has 0 aliphatic heterocycles. The van der Waals surface area contributed by atoms with Crippen molar-refractivity contribution in [2.45, 2.75) is 19.9 Å². The van der Waals surface area contributed by atoms with E-state index in [9.17, 15) is 14.9 Å². The largest absolute Gasteiger partial charge is 0.374 e. The fourth-order valence-electron chi connectivity index (χ4n) is 1.91. The average Bonchev–Trinajstić information content (AvgIpc) is 2.57. The van der Waals surface area contributed by atoms with Gasteiger partial charge in [-0.1, -0.05) is 17.7 Å². The van der Waals surface area contributed by atoms with Crippen LogP contribution in [0.5, 0.6) is 0 Å². The lowest BCUT2D eigenvalue weighted by Gasteiger charge is -2.13. The zero-order chi connectivity index (χ0) is 17.5. The van der Waals surface area contributed by atoms with Gasteiger partial charge in [-0.25, -0.2) is 5.43 Å². The number of hydrazone groups is 1. The van der Waals surface area contributed by atoms with Crippen LogP contribution in [-0.4, -0.2) is 23.1 Å². The molecule has 0 aliphatic carbocycles. The number of nitro benzene ring substituents is 1. The molecular formula is C17H18N4O3. The number of non-ortho nitro benzene ring substituents is 1. The molecule has 0 aromatic heterocycles. The Morgan fingerprint density at radius 2 is 1.79 bits per heavy atom. The van der Waals surface area contributed by atoms with E-state index in [1.807, 2.05) is 31.2 Å². The maximum absolute atomic E-state index is 12.0. The van der Waals surface area contributed by atoms with Crippen molar-refractivity contribution in [3.05, 3.63) is 69.8 Å². The molecule has 0 spiro atoms. The molecule has 7 nitrogen and oxygen atoms in total. The number of hydrogen-bond acceptors (Lipinski definition) is 5. The number of amides is 1. The number of nitrogens with one attached hydrogen (secondary N) is 2. The number of nitro groups is 1. The number of nitrogens with zero attached hydrogens (tertiary/aromatic N) is 2. The molecule has 1 amide bonds. The summed E-state index contributed by atoms with van der Waals surface area (Å²) in [6.07, 6.45) is 1.43. The predicted octanol–water partition coefficient (Wildman–Crippen LogP) is 2.85. The number of aryl methyl sites for hydroxylation is 1. The normalized spacial score (nSPS) is 11.9. The van der Waals surface area contributed by atoms with Crippen LogP contribution in [0.15, 0.2) is 53.6 Å².